The minimum atomic E-state index is -5.02. The summed E-state index contributed by atoms with van der Waals surface area (Å²) in [4.78, 5) is 29.7. The largest absolute Gasteiger partial charge is 0.478 e. The Hall–Kier alpha value is -3.95. The summed E-state index contributed by atoms with van der Waals surface area (Å²) < 4.78 is 80.1. The van der Waals surface area contributed by atoms with Gasteiger partial charge < -0.3 is 15.5 Å². The Kier molecular flexibility index (Phi) is 9.47. The minimum Gasteiger partial charge on any atom is -0.478 e. The lowest BCUT2D eigenvalue weighted by Crippen LogP contribution is -2.34. The van der Waals surface area contributed by atoms with Gasteiger partial charge in [-0.2, -0.15) is 26.3 Å². The van der Waals surface area contributed by atoms with Crippen molar-refractivity contribution in [1.29, 1.82) is 0 Å². The number of rotatable bonds is 9. The summed E-state index contributed by atoms with van der Waals surface area (Å²) in [5.74, 6) is -1.57. The van der Waals surface area contributed by atoms with Crippen LogP contribution in [0.15, 0.2) is 65.6 Å². The average Bonchev–Trinajstić information content (AvgIpc) is 3.21. The number of aliphatic hydroxyl groups is 1. The van der Waals surface area contributed by atoms with Gasteiger partial charge in [-0.3, -0.25) is 9.69 Å². The molecule has 2 aromatic carbocycles. The van der Waals surface area contributed by atoms with Gasteiger partial charge in [0.05, 0.1) is 45.6 Å². The van der Waals surface area contributed by atoms with Crippen LogP contribution in [0.5, 0.6) is 0 Å². The number of benzene rings is 2. The number of pyridine rings is 1. The summed E-state index contributed by atoms with van der Waals surface area (Å²) >= 11 is 6.27. The molecule has 1 amide bonds. The number of hydrogen-bond donors (Lipinski definition) is 3. The number of nitrogens with zero attached hydrogens (tertiary/aromatic N) is 2. The van der Waals surface area contributed by atoms with Crippen LogP contribution in [0.1, 0.15) is 33.6 Å². The van der Waals surface area contributed by atoms with Crippen LogP contribution < -0.4 is 5.32 Å². The molecular formula is C28H21F6N3O4S2. The first-order valence-electron chi connectivity index (χ1n) is 12.4. The molecule has 2 heterocycles. The molecular weight excluding hydrogens is 620 g/mol. The highest BCUT2D eigenvalue weighted by atomic mass is 32.2. The molecule has 4 rings (SSSR count). The number of carbonyl (C=O) groups excluding carboxylic acids is 1. The number of aromatic nitrogens is 1. The first-order valence-corrected chi connectivity index (χ1v) is 13.6. The summed E-state index contributed by atoms with van der Waals surface area (Å²) in [6.07, 6.45) is -8.43. The maximum atomic E-state index is 13.3. The zero-order valence-corrected chi connectivity index (χ0v) is 23.4. The summed E-state index contributed by atoms with van der Waals surface area (Å²) in [5, 5.41) is 21.9. The zero-order valence-electron chi connectivity index (χ0n) is 21.7. The average molecular weight is 642 g/mol. The molecule has 3 aromatic rings. The number of thioether (sulfide) groups is 1. The van der Waals surface area contributed by atoms with Gasteiger partial charge in [0.1, 0.15) is 4.32 Å². The Morgan fingerprint density at radius 2 is 1.65 bits per heavy atom. The number of carbonyl (C=O) groups is 2. The van der Waals surface area contributed by atoms with Gasteiger partial charge in [-0.05, 0) is 67.1 Å². The van der Waals surface area contributed by atoms with Crippen LogP contribution in [0, 0.1) is 0 Å². The molecule has 7 nitrogen and oxygen atoms in total. The SMILES string of the molecule is O=C(O)c1ccc(NC(CO)CCN2C(=O)C(=Cc3cccc(-c4cc(C(F)(F)F)cc(C(F)(F)F)c4)n3)SC2=S)cc1. The zero-order chi connectivity index (χ0) is 31.5. The number of aromatic carboxylic acids is 1. The Labute approximate surface area is 250 Å². The molecule has 226 valence electrons. The van der Waals surface area contributed by atoms with Crippen molar-refractivity contribution >= 4 is 51.9 Å². The van der Waals surface area contributed by atoms with Crippen molar-refractivity contribution in [1.82, 2.24) is 9.88 Å². The van der Waals surface area contributed by atoms with Crippen molar-refractivity contribution in [2.45, 2.75) is 24.8 Å². The van der Waals surface area contributed by atoms with E-state index >= 15 is 0 Å². The van der Waals surface area contributed by atoms with Crippen molar-refractivity contribution in [3.8, 4) is 11.3 Å². The van der Waals surface area contributed by atoms with Crippen LogP contribution in [0.3, 0.4) is 0 Å². The highest BCUT2D eigenvalue weighted by Gasteiger charge is 2.37. The highest BCUT2D eigenvalue weighted by molar-refractivity contribution is 8.26. The van der Waals surface area contributed by atoms with Crippen molar-refractivity contribution in [2.24, 2.45) is 0 Å². The number of aliphatic hydroxyl groups excluding tert-OH is 1. The summed E-state index contributed by atoms with van der Waals surface area (Å²) in [6.45, 7) is -0.182. The monoisotopic (exact) mass is 641 g/mol. The van der Waals surface area contributed by atoms with Gasteiger partial charge in [0.25, 0.3) is 5.91 Å². The van der Waals surface area contributed by atoms with E-state index in [4.69, 9.17) is 17.3 Å². The number of hydrogen-bond acceptors (Lipinski definition) is 7. The van der Waals surface area contributed by atoms with E-state index in [-0.39, 0.29) is 51.8 Å². The number of carboxylic acids is 1. The second-order valence-electron chi connectivity index (χ2n) is 9.27. The molecule has 1 aromatic heterocycles. The van der Waals surface area contributed by atoms with Crippen LogP contribution in [0.4, 0.5) is 32.0 Å². The lowest BCUT2D eigenvalue weighted by Gasteiger charge is -2.21. The molecule has 0 aliphatic carbocycles. The van der Waals surface area contributed by atoms with Crippen molar-refractivity contribution in [3.63, 3.8) is 0 Å². The molecule has 1 unspecified atom stereocenters. The lowest BCUT2D eigenvalue weighted by molar-refractivity contribution is -0.143. The van der Waals surface area contributed by atoms with Crippen LogP contribution in [-0.2, 0) is 17.1 Å². The number of anilines is 1. The van der Waals surface area contributed by atoms with Gasteiger partial charge in [-0.25, -0.2) is 9.78 Å². The Morgan fingerprint density at radius 3 is 2.21 bits per heavy atom. The van der Waals surface area contributed by atoms with E-state index in [1.165, 1.54) is 41.3 Å². The number of nitrogens with one attached hydrogen (secondary N) is 1. The smallest absolute Gasteiger partial charge is 0.416 e. The van der Waals surface area contributed by atoms with E-state index < -0.39 is 47.0 Å². The number of alkyl halides is 6. The van der Waals surface area contributed by atoms with Crippen molar-refractivity contribution in [3.05, 3.63) is 88.0 Å². The molecule has 0 radical (unpaired) electrons. The van der Waals surface area contributed by atoms with Crippen LogP contribution >= 0.6 is 24.0 Å². The maximum absolute atomic E-state index is 13.3. The highest BCUT2D eigenvalue weighted by Crippen LogP contribution is 2.39. The summed E-state index contributed by atoms with van der Waals surface area (Å²) in [6, 6.07) is 10.7. The molecule has 1 fully saturated rings. The fourth-order valence-corrected chi connectivity index (χ4v) is 5.35. The van der Waals surface area contributed by atoms with Gasteiger partial charge in [0.15, 0.2) is 0 Å². The van der Waals surface area contributed by atoms with Gasteiger partial charge in [0, 0.05) is 17.8 Å². The molecule has 1 atom stereocenters. The van der Waals surface area contributed by atoms with E-state index in [1.54, 1.807) is 12.1 Å². The summed E-state index contributed by atoms with van der Waals surface area (Å²) in [7, 11) is 0. The maximum Gasteiger partial charge on any atom is 0.416 e. The summed E-state index contributed by atoms with van der Waals surface area (Å²) in [5.41, 5.74) is -2.74. The molecule has 43 heavy (non-hydrogen) atoms. The van der Waals surface area contributed by atoms with E-state index in [0.29, 0.717) is 17.8 Å². The molecule has 0 bridgehead atoms. The quantitative estimate of drug-likeness (QED) is 0.137. The fourth-order valence-electron chi connectivity index (χ4n) is 4.06. The van der Waals surface area contributed by atoms with Gasteiger partial charge >= 0.3 is 18.3 Å². The van der Waals surface area contributed by atoms with E-state index in [1.807, 2.05) is 0 Å². The molecule has 0 spiro atoms. The second-order valence-corrected chi connectivity index (χ2v) is 10.9. The van der Waals surface area contributed by atoms with Gasteiger partial charge in [-0.1, -0.05) is 30.0 Å². The molecule has 1 saturated heterocycles. The first-order chi connectivity index (χ1) is 20.2. The van der Waals surface area contributed by atoms with Gasteiger partial charge in [-0.15, -0.1) is 0 Å². The van der Waals surface area contributed by atoms with Crippen LogP contribution in [0.2, 0.25) is 0 Å². The third-order valence-corrected chi connectivity index (χ3v) is 7.61. The number of amides is 1. The van der Waals surface area contributed by atoms with Crippen molar-refractivity contribution < 1.29 is 46.1 Å². The minimum absolute atomic E-state index is 0.0324. The molecule has 1 aliphatic rings. The molecule has 0 saturated carbocycles. The third-order valence-electron chi connectivity index (χ3n) is 6.23. The van der Waals surface area contributed by atoms with Crippen LogP contribution in [0.25, 0.3) is 17.3 Å². The third kappa shape index (κ3) is 7.91. The second kappa shape index (κ2) is 12.7. The van der Waals surface area contributed by atoms with E-state index in [9.17, 15) is 41.0 Å². The molecule has 1 aliphatic heterocycles. The number of thiocarbonyl (C=S) groups is 1. The van der Waals surface area contributed by atoms with E-state index in [2.05, 4.69) is 10.3 Å². The van der Waals surface area contributed by atoms with E-state index in [0.717, 1.165) is 11.8 Å². The molecule has 15 heteroatoms. The predicted molar refractivity (Wildman–Crippen MR) is 152 cm³/mol. The predicted octanol–water partition coefficient (Wildman–Crippen LogP) is 6.55. The standard InChI is InChI=1S/C28H21F6N3O4S2/c29-27(30,31)17-10-16(11-18(12-17)28(32,33)34)22-3-1-2-20(36-22)13-23-24(39)37(26(42)43-23)9-8-21(14-38)35-19-6-4-15(5-7-19)25(40)41/h1-7,10-13,21,35,38H,8-9,14H2,(H,40,41). The Bertz CT molecular complexity index is 1540. The Morgan fingerprint density at radius 1 is 1.02 bits per heavy atom. The number of halogens is 6. The lowest BCUT2D eigenvalue weighted by atomic mass is 10.0. The Balaban J connectivity index is 1.50. The normalized spacial score (nSPS) is 15.7. The van der Waals surface area contributed by atoms with Crippen LogP contribution in [-0.4, -0.2) is 55.5 Å². The fraction of sp³-hybridized carbons (Fsp3) is 0.214. The van der Waals surface area contributed by atoms with Crippen molar-refractivity contribution in [2.75, 3.05) is 18.5 Å². The topological polar surface area (TPSA) is 103 Å². The van der Waals surface area contributed by atoms with Gasteiger partial charge in [0.2, 0.25) is 0 Å². The first kappa shape index (κ1) is 32.0. The number of carboxylic acid groups (broad SMARTS) is 1. The molecule has 3 N–H and O–H groups in total.